The summed E-state index contributed by atoms with van der Waals surface area (Å²) in [6, 6.07) is 11.8. The van der Waals surface area contributed by atoms with E-state index in [9.17, 15) is 9.59 Å². The molecule has 0 radical (unpaired) electrons. The van der Waals surface area contributed by atoms with Gasteiger partial charge in [0, 0.05) is 29.8 Å². The van der Waals surface area contributed by atoms with Crippen LogP contribution in [-0.2, 0) is 4.79 Å². The fourth-order valence-corrected chi connectivity index (χ4v) is 2.09. The van der Waals surface area contributed by atoms with Gasteiger partial charge in [-0.15, -0.1) is 0 Å². The van der Waals surface area contributed by atoms with E-state index in [-0.39, 0.29) is 5.91 Å². The first-order chi connectivity index (χ1) is 12.0. The molecule has 0 atom stereocenters. The minimum Gasteiger partial charge on any atom is -0.497 e. The first-order valence-electron chi connectivity index (χ1n) is 7.46. The molecule has 130 valence electrons. The summed E-state index contributed by atoms with van der Waals surface area (Å²) in [5, 5.41) is 6.56. The standard InChI is InChI=1S/C18H19N3O4/c1-12(22)20-15-6-4-5-13(9-15)18(23)21-19-11-14-7-8-16(24-2)10-17(14)25-3/h4-11H,1-3H3,(H,20,22)(H,21,23). The lowest BCUT2D eigenvalue weighted by Crippen LogP contribution is -2.18. The molecule has 0 aliphatic carbocycles. The minimum absolute atomic E-state index is 0.206. The Labute approximate surface area is 145 Å². The molecule has 0 spiro atoms. The molecule has 2 rings (SSSR count). The highest BCUT2D eigenvalue weighted by Crippen LogP contribution is 2.23. The number of amides is 2. The summed E-state index contributed by atoms with van der Waals surface area (Å²) in [6.45, 7) is 1.40. The molecule has 2 N–H and O–H groups in total. The predicted octanol–water partition coefficient (Wildman–Crippen LogP) is 2.43. The number of ether oxygens (including phenoxy) is 2. The van der Waals surface area contributed by atoms with E-state index in [1.54, 1.807) is 49.6 Å². The van der Waals surface area contributed by atoms with Gasteiger partial charge in [0.25, 0.3) is 5.91 Å². The smallest absolute Gasteiger partial charge is 0.271 e. The van der Waals surface area contributed by atoms with E-state index >= 15 is 0 Å². The van der Waals surface area contributed by atoms with Crippen molar-refractivity contribution >= 4 is 23.7 Å². The van der Waals surface area contributed by atoms with E-state index < -0.39 is 5.91 Å². The first kappa shape index (κ1) is 18.0. The third-order valence-electron chi connectivity index (χ3n) is 3.26. The molecule has 25 heavy (non-hydrogen) atoms. The Hall–Kier alpha value is -3.35. The lowest BCUT2D eigenvalue weighted by molar-refractivity contribution is -0.114. The largest absolute Gasteiger partial charge is 0.497 e. The van der Waals surface area contributed by atoms with Gasteiger partial charge in [0.05, 0.1) is 20.4 Å². The highest BCUT2D eigenvalue weighted by Gasteiger charge is 2.06. The Balaban J connectivity index is 2.07. The van der Waals surface area contributed by atoms with Crippen molar-refractivity contribution in [3.05, 3.63) is 53.6 Å². The van der Waals surface area contributed by atoms with Gasteiger partial charge in [-0.25, -0.2) is 5.43 Å². The van der Waals surface area contributed by atoms with Crippen molar-refractivity contribution in [2.45, 2.75) is 6.92 Å². The summed E-state index contributed by atoms with van der Waals surface area (Å²) in [5.41, 5.74) is 4.05. The van der Waals surface area contributed by atoms with Crippen molar-refractivity contribution in [1.29, 1.82) is 0 Å². The van der Waals surface area contributed by atoms with Crippen LogP contribution in [0.5, 0.6) is 11.5 Å². The number of rotatable bonds is 6. The van der Waals surface area contributed by atoms with E-state index in [1.165, 1.54) is 20.2 Å². The van der Waals surface area contributed by atoms with Gasteiger partial charge in [-0.1, -0.05) is 6.07 Å². The number of hydrogen-bond acceptors (Lipinski definition) is 5. The van der Waals surface area contributed by atoms with E-state index in [4.69, 9.17) is 9.47 Å². The molecule has 7 nitrogen and oxygen atoms in total. The lowest BCUT2D eigenvalue weighted by atomic mass is 10.2. The fraction of sp³-hybridized carbons (Fsp3) is 0.167. The van der Waals surface area contributed by atoms with Crippen LogP contribution in [0.3, 0.4) is 0 Å². The number of carbonyl (C=O) groups is 2. The highest BCUT2D eigenvalue weighted by atomic mass is 16.5. The molecular weight excluding hydrogens is 322 g/mol. The maximum Gasteiger partial charge on any atom is 0.271 e. The monoisotopic (exact) mass is 341 g/mol. The van der Waals surface area contributed by atoms with Crippen molar-refractivity contribution in [3.63, 3.8) is 0 Å². The third kappa shape index (κ3) is 5.07. The van der Waals surface area contributed by atoms with Crippen LogP contribution in [0.4, 0.5) is 5.69 Å². The van der Waals surface area contributed by atoms with Crippen LogP contribution >= 0.6 is 0 Å². The van der Waals surface area contributed by atoms with Crippen LogP contribution in [0, 0.1) is 0 Å². The summed E-state index contributed by atoms with van der Waals surface area (Å²) in [4.78, 5) is 23.2. The molecule has 0 aliphatic rings. The molecule has 0 aliphatic heterocycles. The summed E-state index contributed by atoms with van der Waals surface area (Å²) in [5.74, 6) is 0.635. The maximum atomic E-state index is 12.1. The van der Waals surface area contributed by atoms with Crippen LogP contribution in [0.15, 0.2) is 47.6 Å². The average molecular weight is 341 g/mol. The zero-order valence-electron chi connectivity index (χ0n) is 14.2. The van der Waals surface area contributed by atoms with Gasteiger partial charge >= 0.3 is 0 Å². The van der Waals surface area contributed by atoms with Gasteiger partial charge in [0.1, 0.15) is 11.5 Å². The average Bonchev–Trinajstić information content (AvgIpc) is 2.61. The molecule has 0 saturated carbocycles. The number of nitrogens with zero attached hydrogens (tertiary/aromatic N) is 1. The zero-order chi connectivity index (χ0) is 18.2. The zero-order valence-corrected chi connectivity index (χ0v) is 14.2. The molecule has 0 fully saturated rings. The third-order valence-corrected chi connectivity index (χ3v) is 3.26. The summed E-state index contributed by atoms with van der Waals surface area (Å²) in [6.07, 6.45) is 1.48. The summed E-state index contributed by atoms with van der Waals surface area (Å²) >= 11 is 0. The molecule has 0 heterocycles. The van der Waals surface area contributed by atoms with Crippen molar-refractivity contribution in [3.8, 4) is 11.5 Å². The second kappa shape index (κ2) is 8.49. The van der Waals surface area contributed by atoms with E-state index in [2.05, 4.69) is 15.8 Å². The number of nitrogens with one attached hydrogen (secondary N) is 2. The Morgan fingerprint density at radius 1 is 1.08 bits per heavy atom. The van der Waals surface area contributed by atoms with Gasteiger partial charge in [-0.05, 0) is 30.3 Å². The van der Waals surface area contributed by atoms with Crippen LogP contribution in [-0.4, -0.2) is 32.2 Å². The molecule has 7 heteroatoms. The maximum absolute atomic E-state index is 12.1. The molecule has 2 aromatic rings. The fourth-order valence-electron chi connectivity index (χ4n) is 2.09. The Morgan fingerprint density at radius 2 is 1.88 bits per heavy atom. The second-order valence-corrected chi connectivity index (χ2v) is 5.07. The molecular formula is C18H19N3O4. The Bertz CT molecular complexity index is 803. The first-order valence-corrected chi connectivity index (χ1v) is 7.46. The second-order valence-electron chi connectivity index (χ2n) is 5.07. The number of hydrogen-bond donors (Lipinski definition) is 2. The number of methoxy groups -OCH3 is 2. The van der Waals surface area contributed by atoms with Gasteiger partial charge in [0.15, 0.2) is 0 Å². The van der Waals surface area contributed by atoms with Gasteiger partial charge in [0.2, 0.25) is 5.91 Å². The van der Waals surface area contributed by atoms with Crippen LogP contribution in [0.2, 0.25) is 0 Å². The van der Waals surface area contributed by atoms with Gasteiger partial charge < -0.3 is 14.8 Å². The molecule has 0 saturated heterocycles. The van der Waals surface area contributed by atoms with E-state index in [0.717, 1.165) is 0 Å². The molecule has 2 aromatic carbocycles. The van der Waals surface area contributed by atoms with Crippen molar-refractivity contribution in [2.75, 3.05) is 19.5 Å². The van der Waals surface area contributed by atoms with E-state index in [1.807, 2.05) is 0 Å². The SMILES string of the molecule is COc1ccc(C=NNC(=O)c2cccc(NC(C)=O)c2)c(OC)c1. The highest BCUT2D eigenvalue weighted by molar-refractivity contribution is 5.97. The van der Waals surface area contributed by atoms with Crippen molar-refractivity contribution in [2.24, 2.45) is 5.10 Å². The topological polar surface area (TPSA) is 89.0 Å². The number of anilines is 1. The Morgan fingerprint density at radius 3 is 2.56 bits per heavy atom. The summed E-state index contributed by atoms with van der Waals surface area (Å²) < 4.78 is 10.4. The quantitative estimate of drug-likeness (QED) is 0.624. The number of hydrazone groups is 1. The van der Waals surface area contributed by atoms with Crippen LogP contribution < -0.4 is 20.2 Å². The van der Waals surface area contributed by atoms with Crippen LogP contribution in [0.1, 0.15) is 22.8 Å². The van der Waals surface area contributed by atoms with E-state index in [0.29, 0.717) is 28.3 Å². The van der Waals surface area contributed by atoms with Crippen molar-refractivity contribution < 1.29 is 19.1 Å². The predicted molar refractivity (Wildman–Crippen MR) is 95.4 cm³/mol. The minimum atomic E-state index is -0.393. The Kier molecular flexibility index (Phi) is 6.11. The van der Waals surface area contributed by atoms with Gasteiger partial charge in [-0.2, -0.15) is 5.10 Å². The molecule has 0 bridgehead atoms. The normalized spacial score (nSPS) is 10.4. The number of benzene rings is 2. The van der Waals surface area contributed by atoms with Gasteiger partial charge in [-0.3, -0.25) is 9.59 Å². The number of carbonyl (C=O) groups excluding carboxylic acids is 2. The van der Waals surface area contributed by atoms with Crippen molar-refractivity contribution in [1.82, 2.24) is 5.43 Å². The molecule has 0 aromatic heterocycles. The lowest BCUT2D eigenvalue weighted by Gasteiger charge is -2.07. The van der Waals surface area contributed by atoms with Crippen LogP contribution in [0.25, 0.3) is 0 Å². The molecule has 0 unspecified atom stereocenters. The molecule has 2 amide bonds. The summed E-state index contributed by atoms with van der Waals surface area (Å²) in [7, 11) is 3.11.